The number of carbonyl (C=O) groups excluding carboxylic acids is 1. The molecule has 0 bridgehead atoms. The van der Waals surface area contributed by atoms with Gasteiger partial charge in [0.2, 0.25) is 5.91 Å². The molecule has 0 aliphatic rings. The van der Waals surface area contributed by atoms with Crippen LogP contribution in [0.15, 0.2) is 0 Å². The molecule has 0 heterocycles. The smallest absolute Gasteiger partial charge is 0.236 e. The Bertz CT molecular complexity index is 192. The molecule has 0 radical (unpaired) electrons. The molecule has 96 valence electrons. The summed E-state index contributed by atoms with van der Waals surface area (Å²) in [6.07, 6.45) is 4.47. The van der Waals surface area contributed by atoms with E-state index in [1.165, 1.54) is 12.8 Å². The van der Waals surface area contributed by atoms with Crippen molar-refractivity contribution in [2.45, 2.75) is 65.5 Å². The van der Waals surface area contributed by atoms with E-state index in [0.29, 0.717) is 12.0 Å². The Kier molecular flexibility index (Phi) is 8.26. The maximum absolute atomic E-state index is 11.7. The Balaban J connectivity index is 4.14. The topological polar surface area (TPSA) is 41.1 Å². The molecule has 0 aromatic rings. The minimum Gasteiger partial charge on any atom is -0.358 e. The van der Waals surface area contributed by atoms with Crippen LogP contribution in [-0.2, 0) is 4.79 Å². The van der Waals surface area contributed by atoms with Gasteiger partial charge in [0.1, 0.15) is 0 Å². The molecule has 1 amide bonds. The molecule has 0 saturated carbocycles. The zero-order valence-corrected chi connectivity index (χ0v) is 11.5. The van der Waals surface area contributed by atoms with Gasteiger partial charge in [-0.15, -0.1) is 0 Å². The minimum atomic E-state index is -0.0446. The van der Waals surface area contributed by atoms with Gasteiger partial charge < -0.3 is 10.6 Å². The molecule has 0 aliphatic carbocycles. The summed E-state index contributed by atoms with van der Waals surface area (Å²) in [5.74, 6) is 0.644. The maximum atomic E-state index is 11.7. The Morgan fingerprint density at radius 3 is 2.31 bits per heavy atom. The molecule has 2 N–H and O–H groups in total. The Labute approximate surface area is 100 Å². The molecule has 3 nitrogen and oxygen atoms in total. The number of carbonyl (C=O) groups is 1. The average Bonchev–Trinajstić information content (AvgIpc) is 2.23. The van der Waals surface area contributed by atoms with Gasteiger partial charge in [-0.25, -0.2) is 0 Å². The number of rotatable bonds is 8. The fourth-order valence-corrected chi connectivity index (χ4v) is 1.83. The van der Waals surface area contributed by atoms with Crippen LogP contribution in [0.2, 0.25) is 0 Å². The third kappa shape index (κ3) is 6.83. The van der Waals surface area contributed by atoms with Gasteiger partial charge in [-0.1, -0.05) is 33.6 Å². The van der Waals surface area contributed by atoms with E-state index in [1.54, 1.807) is 7.05 Å². The highest BCUT2D eigenvalue weighted by Gasteiger charge is 2.19. The van der Waals surface area contributed by atoms with Crippen LogP contribution in [-0.4, -0.2) is 25.0 Å². The second-order valence-electron chi connectivity index (χ2n) is 5.01. The predicted octanol–water partition coefficient (Wildman–Crippen LogP) is 2.32. The summed E-state index contributed by atoms with van der Waals surface area (Å²) in [6, 6.07) is 0.373. The van der Waals surface area contributed by atoms with Crippen LogP contribution < -0.4 is 10.6 Å². The van der Waals surface area contributed by atoms with E-state index in [1.807, 2.05) is 0 Å². The van der Waals surface area contributed by atoms with Gasteiger partial charge in [-0.3, -0.25) is 4.79 Å². The summed E-state index contributed by atoms with van der Waals surface area (Å²) in [7, 11) is 1.70. The Morgan fingerprint density at radius 2 is 1.88 bits per heavy atom. The fourth-order valence-electron chi connectivity index (χ4n) is 1.83. The van der Waals surface area contributed by atoms with Crippen LogP contribution >= 0.6 is 0 Å². The van der Waals surface area contributed by atoms with Gasteiger partial charge in [-0.2, -0.15) is 0 Å². The summed E-state index contributed by atoms with van der Waals surface area (Å²) in [4.78, 5) is 11.7. The molecule has 0 spiro atoms. The van der Waals surface area contributed by atoms with E-state index < -0.39 is 0 Å². The zero-order valence-electron chi connectivity index (χ0n) is 11.5. The van der Waals surface area contributed by atoms with Crippen molar-refractivity contribution in [2.24, 2.45) is 5.92 Å². The van der Waals surface area contributed by atoms with Crippen LogP contribution in [0.4, 0.5) is 0 Å². The van der Waals surface area contributed by atoms with E-state index in [4.69, 9.17) is 0 Å². The lowest BCUT2D eigenvalue weighted by molar-refractivity contribution is -0.123. The minimum absolute atomic E-state index is 0.0446. The van der Waals surface area contributed by atoms with Crippen molar-refractivity contribution in [1.82, 2.24) is 10.6 Å². The first kappa shape index (κ1) is 15.4. The first-order chi connectivity index (χ1) is 7.51. The normalized spacial score (nSPS) is 14.9. The molecular weight excluding hydrogens is 200 g/mol. The lowest BCUT2D eigenvalue weighted by Crippen LogP contribution is -2.47. The van der Waals surface area contributed by atoms with Crippen molar-refractivity contribution >= 4 is 5.91 Å². The molecule has 16 heavy (non-hydrogen) atoms. The van der Waals surface area contributed by atoms with E-state index in [9.17, 15) is 4.79 Å². The number of unbranched alkanes of at least 4 members (excludes halogenated alkanes) is 1. The van der Waals surface area contributed by atoms with Gasteiger partial charge in [0.15, 0.2) is 0 Å². The Morgan fingerprint density at radius 1 is 1.25 bits per heavy atom. The second-order valence-corrected chi connectivity index (χ2v) is 5.01. The summed E-state index contributed by atoms with van der Waals surface area (Å²) < 4.78 is 0. The van der Waals surface area contributed by atoms with Crippen molar-refractivity contribution < 1.29 is 4.79 Å². The largest absolute Gasteiger partial charge is 0.358 e. The number of hydrogen-bond acceptors (Lipinski definition) is 2. The number of nitrogens with one attached hydrogen (secondary N) is 2. The van der Waals surface area contributed by atoms with E-state index in [0.717, 1.165) is 12.8 Å². The fraction of sp³-hybridized carbons (Fsp3) is 0.923. The summed E-state index contributed by atoms with van der Waals surface area (Å²) >= 11 is 0. The zero-order chi connectivity index (χ0) is 12.6. The standard InChI is InChI=1S/C13H28N2O/c1-6-7-8-11(4)15-12(9-10(2)3)13(16)14-5/h10-12,15H,6-9H2,1-5H3,(H,14,16). The van der Waals surface area contributed by atoms with Gasteiger partial charge in [0.05, 0.1) is 6.04 Å². The highest BCUT2D eigenvalue weighted by molar-refractivity contribution is 5.81. The van der Waals surface area contributed by atoms with Crippen LogP contribution in [0.3, 0.4) is 0 Å². The van der Waals surface area contributed by atoms with Crippen LogP contribution in [0.1, 0.15) is 53.4 Å². The van der Waals surface area contributed by atoms with Crippen molar-refractivity contribution in [3.05, 3.63) is 0 Å². The van der Waals surface area contributed by atoms with Gasteiger partial charge >= 0.3 is 0 Å². The van der Waals surface area contributed by atoms with Crippen LogP contribution in [0.25, 0.3) is 0 Å². The molecule has 0 rings (SSSR count). The van der Waals surface area contributed by atoms with Crippen LogP contribution in [0.5, 0.6) is 0 Å². The van der Waals surface area contributed by atoms with E-state index >= 15 is 0 Å². The molecule has 0 saturated heterocycles. The molecule has 3 heteroatoms. The van der Waals surface area contributed by atoms with Crippen molar-refractivity contribution in [2.75, 3.05) is 7.05 Å². The molecular formula is C13H28N2O. The number of amides is 1. The highest BCUT2D eigenvalue weighted by atomic mass is 16.2. The van der Waals surface area contributed by atoms with Gasteiger partial charge in [0.25, 0.3) is 0 Å². The maximum Gasteiger partial charge on any atom is 0.236 e. The summed E-state index contributed by atoms with van der Waals surface area (Å²) in [6.45, 7) is 8.64. The van der Waals surface area contributed by atoms with E-state index in [2.05, 4.69) is 38.3 Å². The van der Waals surface area contributed by atoms with Gasteiger partial charge in [0, 0.05) is 13.1 Å². The predicted molar refractivity (Wildman–Crippen MR) is 69.4 cm³/mol. The summed E-state index contributed by atoms with van der Waals surface area (Å²) in [5, 5.41) is 6.15. The number of hydrogen-bond donors (Lipinski definition) is 2. The number of likely N-dealkylation sites (N-methyl/N-ethyl adjacent to an activating group) is 1. The SMILES string of the molecule is CCCCC(C)NC(CC(C)C)C(=O)NC. The third-order valence-corrected chi connectivity index (χ3v) is 2.75. The van der Waals surface area contributed by atoms with Crippen LogP contribution in [0, 0.1) is 5.92 Å². The first-order valence-electron chi connectivity index (χ1n) is 6.48. The third-order valence-electron chi connectivity index (χ3n) is 2.75. The first-order valence-corrected chi connectivity index (χ1v) is 6.48. The molecule has 0 aliphatic heterocycles. The lowest BCUT2D eigenvalue weighted by Gasteiger charge is -2.23. The molecule has 0 fully saturated rings. The molecule has 2 unspecified atom stereocenters. The van der Waals surface area contributed by atoms with Crippen molar-refractivity contribution in [3.63, 3.8) is 0 Å². The lowest BCUT2D eigenvalue weighted by atomic mass is 10.0. The second kappa shape index (κ2) is 8.57. The quantitative estimate of drug-likeness (QED) is 0.669. The van der Waals surface area contributed by atoms with Gasteiger partial charge in [-0.05, 0) is 25.7 Å². The Hall–Kier alpha value is -0.570. The summed E-state index contributed by atoms with van der Waals surface area (Å²) in [5.41, 5.74) is 0. The molecule has 2 atom stereocenters. The highest BCUT2D eigenvalue weighted by Crippen LogP contribution is 2.08. The van der Waals surface area contributed by atoms with Crippen molar-refractivity contribution in [1.29, 1.82) is 0 Å². The van der Waals surface area contributed by atoms with Crippen molar-refractivity contribution in [3.8, 4) is 0 Å². The van der Waals surface area contributed by atoms with E-state index in [-0.39, 0.29) is 11.9 Å². The average molecular weight is 228 g/mol. The monoisotopic (exact) mass is 228 g/mol. The molecule has 0 aromatic carbocycles. The molecule has 0 aromatic heterocycles.